The van der Waals surface area contributed by atoms with Gasteiger partial charge in [0, 0.05) is 25.5 Å². The lowest BCUT2D eigenvalue weighted by atomic mass is 10.0. The molecular formula is C24H37N2O3P. The monoisotopic (exact) mass is 432 g/mol. The van der Waals surface area contributed by atoms with Crippen LogP contribution in [-0.2, 0) is 13.6 Å². The first kappa shape index (κ1) is 24.5. The van der Waals surface area contributed by atoms with Crippen molar-refractivity contribution in [1.82, 2.24) is 0 Å². The number of hydrogen-bond donors (Lipinski definition) is 1. The Morgan fingerprint density at radius 3 is 1.73 bits per heavy atom. The third-order valence-electron chi connectivity index (χ3n) is 4.72. The molecule has 0 saturated carbocycles. The number of nitrogens with zero attached hydrogens (tertiary/aromatic N) is 1. The van der Waals surface area contributed by atoms with Gasteiger partial charge in [-0.1, -0.05) is 29.8 Å². The SMILES string of the molecule is Cc1cc(C)c(NC(c2ccc(N(C)C)cc2)P(=O)(OC(C)C)OC(C)C)c(C)c1. The first-order valence-corrected chi connectivity index (χ1v) is 12.1. The second-order valence-electron chi connectivity index (χ2n) is 8.65. The van der Waals surface area contributed by atoms with Gasteiger partial charge in [-0.3, -0.25) is 4.57 Å². The maximum Gasteiger partial charge on any atom is 0.357 e. The highest BCUT2D eigenvalue weighted by Gasteiger charge is 2.40. The number of aryl methyl sites for hydroxylation is 3. The van der Waals surface area contributed by atoms with Crippen molar-refractivity contribution in [3.05, 3.63) is 58.7 Å². The van der Waals surface area contributed by atoms with E-state index in [1.54, 1.807) is 0 Å². The van der Waals surface area contributed by atoms with Crippen molar-refractivity contribution in [2.75, 3.05) is 24.3 Å². The standard InChI is InChI=1S/C24H37N2O3P/c1-16(2)28-30(27,29-17(3)4)24(21-10-12-22(13-11-21)26(8)9)25-23-19(6)14-18(5)15-20(23)7/h10-17,24-25H,1-9H3. The van der Waals surface area contributed by atoms with E-state index in [9.17, 15) is 4.57 Å². The third kappa shape index (κ3) is 6.10. The molecule has 0 aromatic heterocycles. The van der Waals surface area contributed by atoms with E-state index in [0.717, 1.165) is 28.1 Å². The largest absolute Gasteiger partial charge is 0.378 e. The van der Waals surface area contributed by atoms with Gasteiger partial charge in [-0.25, -0.2) is 0 Å². The summed E-state index contributed by atoms with van der Waals surface area (Å²) in [5.41, 5.74) is 6.30. The Balaban J connectivity index is 2.60. The lowest BCUT2D eigenvalue weighted by Gasteiger charge is -2.32. The van der Waals surface area contributed by atoms with Crippen LogP contribution in [0.5, 0.6) is 0 Å². The van der Waals surface area contributed by atoms with Gasteiger partial charge in [0.05, 0.1) is 12.2 Å². The second-order valence-corrected chi connectivity index (χ2v) is 10.7. The maximum atomic E-state index is 14.1. The number of nitrogens with one attached hydrogen (secondary N) is 1. The highest BCUT2D eigenvalue weighted by molar-refractivity contribution is 7.54. The van der Waals surface area contributed by atoms with Crippen LogP contribution in [0.3, 0.4) is 0 Å². The Labute approximate surface area is 182 Å². The minimum Gasteiger partial charge on any atom is -0.378 e. The van der Waals surface area contributed by atoms with Crippen LogP contribution >= 0.6 is 7.60 Å². The molecule has 5 nitrogen and oxygen atoms in total. The van der Waals surface area contributed by atoms with Gasteiger partial charge in [0.2, 0.25) is 0 Å². The van der Waals surface area contributed by atoms with E-state index in [1.807, 2.05) is 71.0 Å². The summed E-state index contributed by atoms with van der Waals surface area (Å²) in [6.07, 6.45) is -0.472. The summed E-state index contributed by atoms with van der Waals surface area (Å²) in [5, 5.41) is 3.53. The molecule has 6 heteroatoms. The number of anilines is 2. The zero-order valence-corrected chi connectivity index (χ0v) is 20.7. The van der Waals surface area contributed by atoms with E-state index in [2.05, 4.69) is 38.2 Å². The van der Waals surface area contributed by atoms with Crippen LogP contribution in [0.1, 0.15) is 55.7 Å². The molecule has 0 bridgehead atoms. The molecule has 0 aliphatic rings. The van der Waals surface area contributed by atoms with Gasteiger partial charge in [-0.2, -0.15) is 0 Å². The van der Waals surface area contributed by atoms with Crippen LogP contribution < -0.4 is 10.2 Å². The van der Waals surface area contributed by atoms with E-state index in [1.165, 1.54) is 5.56 Å². The first-order valence-electron chi connectivity index (χ1n) is 10.5. The minimum atomic E-state index is -3.54. The molecular weight excluding hydrogens is 395 g/mol. The van der Waals surface area contributed by atoms with Crippen molar-refractivity contribution in [1.29, 1.82) is 0 Å². The maximum absolute atomic E-state index is 14.1. The minimum absolute atomic E-state index is 0.236. The zero-order chi connectivity index (χ0) is 22.6. The summed E-state index contributed by atoms with van der Waals surface area (Å²) in [6, 6.07) is 12.3. The Morgan fingerprint density at radius 2 is 1.33 bits per heavy atom. The molecule has 0 fully saturated rings. The summed E-state index contributed by atoms with van der Waals surface area (Å²) in [7, 11) is 0.453. The van der Waals surface area contributed by atoms with Gasteiger partial charge in [0.25, 0.3) is 0 Å². The molecule has 2 aromatic carbocycles. The molecule has 0 saturated heterocycles. The number of hydrogen-bond acceptors (Lipinski definition) is 5. The smallest absolute Gasteiger partial charge is 0.357 e. The summed E-state index contributed by atoms with van der Waals surface area (Å²) < 4.78 is 26.1. The van der Waals surface area contributed by atoms with Crippen LogP contribution in [0.2, 0.25) is 0 Å². The van der Waals surface area contributed by atoms with E-state index >= 15 is 0 Å². The Kier molecular flexibility index (Phi) is 8.15. The van der Waals surface area contributed by atoms with E-state index in [4.69, 9.17) is 9.05 Å². The van der Waals surface area contributed by atoms with Gasteiger partial charge >= 0.3 is 7.60 Å². The summed E-state index contributed by atoms with van der Waals surface area (Å²) in [4.78, 5) is 2.04. The molecule has 0 aliphatic heterocycles. The molecule has 30 heavy (non-hydrogen) atoms. The molecule has 1 unspecified atom stereocenters. The van der Waals surface area contributed by atoms with Crippen molar-refractivity contribution < 1.29 is 13.6 Å². The normalized spacial score (nSPS) is 13.0. The van der Waals surface area contributed by atoms with Gasteiger partial charge in [0.15, 0.2) is 5.78 Å². The number of rotatable bonds is 9. The molecule has 2 aromatic rings. The average Bonchev–Trinajstić information content (AvgIpc) is 2.59. The predicted octanol–water partition coefficient (Wildman–Crippen LogP) is 6.83. The topological polar surface area (TPSA) is 50.8 Å². The fraction of sp³-hybridized carbons (Fsp3) is 0.500. The van der Waals surface area contributed by atoms with E-state index in [-0.39, 0.29) is 12.2 Å². The molecule has 0 heterocycles. The zero-order valence-electron chi connectivity index (χ0n) is 19.8. The Bertz CT molecular complexity index is 855. The van der Waals surface area contributed by atoms with Crippen LogP contribution in [0.15, 0.2) is 36.4 Å². The molecule has 0 aliphatic carbocycles. The van der Waals surface area contributed by atoms with Gasteiger partial charge in [-0.05, 0) is 77.3 Å². The van der Waals surface area contributed by atoms with Crippen molar-refractivity contribution >= 4 is 19.0 Å². The molecule has 1 N–H and O–H groups in total. The van der Waals surface area contributed by atoms with Crippen LogP contribution in [-0.4, -0.2) is 26.3 Å². The fourth-order valence-electron chi connectivity index (χ4n) is 3.58. The van der Waals surface area contributed by atoms with E-state index < -0.39 is 13.4 Å². The van der Waals surface area contributed by atoms with Gasteiger partial charge in [-0.15, -0.1) is 0 Å². The first-order chi connectivity index (χ1) is 13.9. The molecule has 0 radical (unpaired) electrons. The molecule has 0 amide bonds. The molecule has 1 atom stereocenters. The van der Waals surface area contributed by atoms with Crippen molar-refractivity contribution in [3.8, 4) is 0 Å². The van der Waals surface area contributed by atoms with Crippen LogP contribution in [0.4, 0.5) is 11.4 Å². The average molecular weight is 433 g/mol. The molecule has 2 rings (SSSR count). The predicted molar refractivity (Wildman–Crippen MR) is 128 cm³/mol. The van der Waals surface area contributed by atoms with Crippen molar-refractivity contribution in [3.63, 3.8) is 0 Å². The van der Waals surface area contributed by atoms with Gasteiger partial charge < -0.3 is 19.3 Å². The Hall–Kier alpha value is -1.81. The fourth-order valence-corrected chi connectivity index (χ4v) is 5.87. The third-order valence-corrected chi connectivity index (χ3v) is 7.21. The summed E-state index contributed by atoms with van der Waals surface area (Å²) in [6.45, 7) is 13.7. The highest BCUT2D eigenvalue weighted by Crippen LogP contribution is 2.62. The summed E-state index contributed by atoms with van der Waals surface area (Å²) >= 11 is 0. The van der Waals surface area contributed by atoms with Crippen LogP contribution in [0.25, 0.3) is 0 Å². The van der Waals surface area contributed by atoms with Crippen molar-refractivity contribution in [2.45, 2.75) is 66.5 Å². The lowest BCUT2D eigenvalue weighted by molar-refractivity contribution is 0.138. The number of benzene rings is 2. The molecule has 0 spiro atoms. The molecule has 166 valence electrons. The van der Waals surface area contributed by atoms with Gasteiger partial charge in [0.1, 0.15) is 0 Å². The summed E-state index contributed by atoms with van der Waals surface area (Å²) in [5.74, 6) is -0.626. The van der Waals surface area contributed by atoms with Crippen molar-refractivity contribution in [2.24, 2.45) is 0 Å². The van der Waals surface area contributed by atoms with Crippen LogP contribution in [0, 0.1) is 20.8 Å². The highest BCUT2D eigenvalue weighted by atomic mass is 31.2. The second kappa shape index (κ2) is 10.00. The quantitative estimate of drug-likeness (QED) is 0.440. The Morgan fingerprint density at radius 1 is 0.867 bits per heavy atom. The van der Waals surface area contributed by atoms with E-state index in [0.29, 0.717) is 0 Å². The lowest BCUT2D eigenvalue weighted by Crippen LogP contribution is -2.20.